The van der Waals surface area contributed by atoms with Gasteiger partial charge in [0.2, 0.25) is 10.0 Å². The highest BCUT2D eigenvalue weighted by atomic mass is 32.2. The molecule has 0 aliphatic carbocycles. The van der Waals surface area contributed by atoms with E-state index >= 15 is 0 Å². The Labute approximate surface area is 91.6 Å². The largest absolute Gasteiger partial charge is 0.381 e. The zero-order valence-electron chi connectivity index (χ0n) is 9.18. The number of hydrogen-bond acceptors (Lipinski definition) is 4. The van der Waals surface area contributed by atoms with Crippen LogP contribution in [0, 0.1) is 0 Å². The lowest BCUT2D eigenvalue weighted by Gasteiger charge is -2.29. The monoisotopic (exact) mass is 236 g/mol. The summed E-state index contributed by atoms with van der Waals surface area (Å²) in [6.45, 7) is 3.72. The van der Waals surface area contributed by atoms with Crippen LogP contribution in [0.4, 0.5) is 0 Å². The molecule has 0 saturated carbocycles. The van der Waals surface area contributed by atoms with E-state index in [2.05, 4.69) is 0 Å². The highest BCUT2D eigenvalue weighted by Crippen LogP contribution is 2.12. The molecular weight excluding hydrogens is 216 g/mol. The second kappa shape index (κ2) is 5.79. The highest BCUT2D eigenvalue weighted by Gasteiger charge is 2.26. The number of piperidine rings is 1. The molecule has 15 heavy (non-hydrogen) atoms. The van der Waals surface area contributed by atoms with Gasteiger partial charge in [-0.15, -0.1) is 0 Å². The van der Waals surface area contributed by atoms with Gasteiger partial charge in [0.15, 0.2) is 0 Å². The molecule has 1 aliphatic heterocycles. The van der Waals surface area contributed by atoms with Crippen LogP contribution in [0.25, 0.3) is 0 Å². The standard InChI is InChI=1S/C9H20N2O3S/c1-2-14-6-7-15(12,13)11-5-3-4-9(10)8-11/h9H,2-8,10H2,1H3/t9-/m1/s1. The van der Waals surface area contributed by atoms with Crippen LogP contribution in [0.3, 0.4) is 0 Å². The van der Waals surface area contributed by atoms with Crippen molar-refractivity contribution in [1.29, 1.82) is 0 Å². The molecule has 0 amide bonds. The Bertz CT molecular complexity index is 279. The Kier molecular flexibility index (Phi) is 4.98. The summed E-state index contributed by atoms with van der Waals surface area (Å²) >= 11 is 0. The topological polar surface area (TPSA) is 72.6 Å². The molecule has 5 nitrogen and oxygen atoms in total. The molecule has 0 aromatic heterocycles. The fourth-order valence-corrected chi connectivity index (χ4v) is 3.08. The predicted octanol–water partition coefficient (Wildman–Crippen LogP) is -0.224. The first-order valence-corrected chi connectivity index (χ1v) is 6.98. The normalized spacial score (nSPS) is 24.3. The number of hydrogen-bond donors (Lipinski definition) is 1. The second-order valence-electron chi connectivity index (χ2n) is 3.77. The number of rotatable bonds is 5. The Hall–Kier alpha value is -0.170. The van der Waals surface area contributed by atoms with Gasteiger partial charge in [-0.3, -0.25) is 0 Å². The maximum absolute atomic E-state index is 11.8. The number of ether oxygens (including phenoxy) is 1. The fourth-order valence-electron chi connectivity index (χ4n) is 1.66. The molecule has 0 aromatic carbocycles. The Balaban J connectivity index is 2.45. The summed E-state index contributed by atoms with van der Waals surface area (Å²) in [6, 6.07) is -0.0133. The maximum Gasteiger partial charge on any atom is 0.216 e. The quantitative estimate of drug-likeness (QED) is 0.670. The summed E-state index contributed by atoms with van der Waals surface area (Å²) in [5, 5.41) is 0. The lowest BCUT2D eigenvalue weighted by molar-refractivity contribution is 0.162. The van der Waals surface area contributed by atoms with E-state index in [1.165, 1.54) is 4.31 Å². The van der Waals surface area contributed by atoms with Crippen LogP contribution in [-0.4, -0.2) is 50.8 Å². The minimum Gasteiger partial charge on any atom is -0.381 e. The third-order valence-corrected chi connectivity index (χ3v) is 4.30. The summed E-state index contributed by atoms with van der Waals surface area (Å²) in [6.07, 6.45) is 1.77. The number of sulfonamides is 1. The molecule has 1 rings (SSSR count). The smallest absolute Gasteiger partial charge is 0.216 e. The van der Waals surface area contributed by atoms with Crippen molar-refractivity contribution in [2.75, 3.05) is 32.1 Å². The van der Waals surface area contributed by atoms with Crippen molar-refractivity contribution in [3.8, 4) is 0 Å². The first-order chi connectivity index (χ1) is 7.06. The van der Waals surface area contributed by atoms with Crippen LogP contribution in [0.5, 0.6) is 0 Å². The van der Waals surface area contributed by atoms with Gasteiger partial charge in [0.1, 0.15) is 0 Å². The van der Waals surface area contributed by atoms with Crippen molar-refractivity contribution >= 4 is 10.0 Å². The fraction of sp³-hybridized carbons (Fsp3) is 1.00. The Morgan fingerprint density at radius 3 is 2.87 bits per heavy atom. The molecule has 0 unspecified atom stereocenters. The highest BCUT2D eigenvalue weighted by molar-refractivity contribution is 7.89. The van der Waals surface area contributed by atoms with Gasteiger partial charge in [0.25, 0.3) is 0 Å². The lowest BCUT2D eigenvalue weighted by Crippen LogP contribution is -2.46. The van der Waals surface area contributed by atoms with E-state index in [1.54, 1.807) is 0 Å². The Morgan fingerprint density at radius 2 is 2.27 bits per heavy atom. The molecule has 6 heteroatoms. The van der Waals surface area contributed by atoms with Crippen molar-refractivity contribution < 1.29 is 13.2 Å². The molecule has 0 spiro atoms. The van der Waals surface area contributed by atoms with Gasteiger partial charge in [-0.05, 0) is 19.8 Å². The van der Waals surface area contributed by atoms with E-state index < -0.39 is 10.0 Å². The molecule has 90 valence electrons. The molecule has 1 aliphatic rings. The summed E-state index contributed by atoms with van der Waals surface area (Å²) in [5.41, 5.74) is 5.74. The van der Waals surface area contributed by atoms with Crippen molar-refractivity contribution in [2.24, 2.45) is 5.73 Å². The van der Waals surface area contributed by atoms with Crippen molar-refractivity contribution in [2.45, 2.75) is 25.8 Å². The molecule has 0 bridgehead atoms. The van der Waals surface area contributed by atoms with Crippen molar-refractivity contribution in [3.63, 3.8) is 0 Å². The summed E-state index contributed by atoms with van der Waals surface area (Å²) in [7, 11) is -3.16. The first-order valence-electron chi connectivity index (χ1n) is 5.37. The van der Waals surface area contributed by atoms with Crippen molar-refractivity contribution in [1.82, 2.24) is 4.31 Å². The molecule has 1 atom stereocenters. The van der Waals surface area contributed by atoms with Gasteiger partial charge < -0.3 is 10.5 Å². The van der Waals surface area contributed by atoms with Gasteiger partial charge in [-0.25, -0.2) is 12.7 Å². The summed E-state index contributed by atoms with van der Waals surface area (Å²) < 4.78 is 30.1. The van der Waals surface area contributed by atoms with Crippen LogP contribution >= 0.6 is 0 Å². The van der Waals surface area contributed by atoms with Gasteiger partial charge in [0.05, 0.1) is 12.4 Å². The SMILES string of the molecule is CCOCCS(=O)(=O)N1CCC[C@@H](N)C1. The zero-order chi connectivity index (χ0) is 11.3. The molecule has 1 saturated heterocycles. The number of nitrogens with two attached hydrogens (primary N) is 1. The van der Waals surface area contributed by atoms with E-state index in [1.807, 2.05) is 6.92 Å². The molecule has 0 aromatic rings. The minimum atomic E-state index is -3.16. The van der Waals surface area contributed by atoms with Crippen LogP contribution < -0.4 is 5.73 Å². The third-order valence-electron chi connectivity index (χ3n) is 2.50. The van der Waals surface area contributed by atoms with E-state index in [-0.39, 0.29) is 18.4 Å². The average molecular weight is 236 g/mol. The molecule has 0 radical (unpaired) electrons. The van der Waals surface area contributed by atoms with Gasteiger partial charge in [-0.2, -0.15) is 0 Å². The van der Waals surface area contributed by atoms with Gasteiger partial charge in [0, 0.05) is 25.7 Å². The van der Waals surface area contributed by atoms with Crippen LogP contribution in [-0.2, 0) is 14.8 Å². The maximum atomic E-state index is 11.8. The van der Waals surface area contributed by atoms with E-state index in [0.29, 0.717) is 19.7 Å². The van der Waals surface area contributed by atoms with Crippen LogP contribution in [0.1, 0.15) is 19.8 Å². The first kappa shape index (κ1) is 12.9. The zero-order valence-corrected chi connectivity index (χ0v) is 10.0. The summed E-state index contributed by atoms with van der Waals surface area (Å²) in [5.74, 6) is 0.0631. The second-order valence-corrected chi connectivity index (χ2v) is 5.86. The van der Waals surface area contributed by atoms with Gasteiger partial charge in [-0.1, -0.05) is 0 Å². The summed E-state index contributed by atoms with van der Waals surface area (Å²) in [4.78, 5) is 0. The molecule has 1 fully saturated rings. The molecule has 2 N–H and O–H groups in total. The van der Waals surface area contributed by atoms with Crippen LogP contribution in [0.15, 0.2) is 0 Å². The van der Waals surface area contributed by atoms with Crippen LogP contribution in [0.2, 0.25) is 0 Å². The third kappa shape index (κ3) is 4.06. The van der Waals surface area contributed by atoms with E-state index in [9.17, 15) is 8.42 Å². The molecule has 1 heterocycles. The minimum absolute atomic E-state index is 0.0133. The van der Waals surface area contributed by atoms with E-state index in [0.717, 1.165) is 12.8 Å². The average Bonchev–Trinajstić information content (AvgIpc) is 2.18. The lowest BCUT2D eigenvalue weighted by atomic mass is 10.1. The van der Waals surface area contributed by atoms with E-state index in [4.69, 9.17) is 10.5 Å². The van der Waals surface area contributed by atoms with Gasteiger partial charge >= 0.3 is 0 Å². The van der Waals surface area contributed by atoms with Crippen molar-refractivity contribution in [3.05, 3.63) is 0 Å². The Morgan fingerprint density at radius 1 is 1.53 bits per heavy atom. The predicted molar refractivity (Wildman–Crippen MR) is 59.1 cm³/mol. The molecular formula is C9H20N2O3S. The number of nitrogens with zero attached hydrogens (tertiary/aromatic N) is 1.